The van der Waals surface area contributed by atoms with Crippen LogP contribution >= 0.6 is 22.9 Å². The van der Waals surface area contributed by atoms with E-state index in [1.807, 2.05) is 36.4 Å². The fraction of sp³-hybridized carbons (Fsp3) is 0.333. The van der Waals surface area contributed by atoms with Crippen molar-refractivity contribution in [2.75, 3.05) is 5.32 Å². The lowest BCUT2D eigenvalue weighted by Crippen LogP contribution is -2.11. The number of nitrogens with zero attached hydrogens (tertiary/aromatic N) is 1. The third-order valence-electron chi connectivity index (χ3n) is 4.82. The minimum Gasteiger partial charge on any atom is -0.466 e. The maximum absolute atomic E-state index is 12.2. The van der Waals surface area contributed by atoms with Gasteiger partial charge < -0.3 is 9.73 Å². The van der Waals surface area contributed by atoms with Gasteiger partial charge in [0.05, 0.1) is 0 Å². The second kappa shape index (κ2) is 7.87. The fourth-order valence-electron chi connectivity index (χ4n) is 3.16. The summed E-state index contributed by atoms with van der Waals surface area (Å²) in [5.74, 6) is 3.18. The number of nitrogens with one attached hydrogen (secondary N) is 1. The highest BCUT2D eigenvalue weighted by Gasteiger charge is 2.36. The number of benzene rings is 1. The molecule has 1 amide bonds. The van der Waals surface area contributed by atoms with Crippen molar-refractivity contribution in [2.45, 2.75) is 38.5 Å². The van der Waals surface area contributed by atoms with E-state index in [1.54, 1.807) is 6.20 Å². The molecule has 0 unspecified atom stereocenters. The number of amides is 1. The average molecular weight is 401 g/mol. The van der Waals surface area contributed by atoms with Crippen LogP contribution in [-0.2, 0) is 17.6 Å². The SMILES string of the molecule is C[C@H]1C[C@H]1c1ccc(CCC(=O)Nc2ncc(Cc3cccc(Cl)c3)s2)o1. The molecule has 1 fully saturated rings. The molecule has 1 aliphatic rings. The van der Waals surface area contributed by atoms with Crippen molar-refractivity contribution in [1.82, 2.24) is 4.98 Å². The molecule has 140 valence electrons. The first-order chi connectivity index (χ1) is 13.1. The van der Waals surface area contributed by atoms with Gasteiger partial charge in [0, 0.05) is 41.3 Å². The van der Waals surface area contributed by atoms with Gasteiger partial charge in [-0.3, -0.25) is 4.79 Å². The van der Waals surface area contributed by atoms with Crippen molar-refractivity contribution < 1.29 is 9.21 Å². The summed E-state index contributed by atoms with van der Waals surface area (Å²) in [5, 5.41) is 4.23. The van der Waals surface area contributed by atoms with E-state index in [-0.39, 0.29) is 5.91 Å². The molecule has 0 radical (unpaired) electrons. The molecule has 0 aliphatic heterocycles. The van der Waals surface area contributed by atoms with E-state index in [4.69, 9.17) is 16.0 Å². The van der Waals surface area contributed by atoms with Crippen molar-refractivity contribution in [2.24, 2.45) is 5.92 Å². The van der Waals surface area contributed by atoms with E-state index in [0.29, 0.717) is 23.9 Å². The van der Waals surface area contributed by atoms with E-state index in [2.05, 4.69) is 17.2 Å². The van der Waals surface area contributed by atoms with Crippen LogP contribution in [0.25, 0.3) is 0 Å². The van der Waals surface area contributed by atoms with Crippen LogP contribution in [0.2, 0.25) is 5.02 Å². The Morgan fingerprint density at radius 3 is 3.00 bits per heavy atom. The maximum Gasteiger partial charge on any atom is 0.226 e. The van der Waals surface area contributed by atoms with E-state index < -0.39 is 0 Å². The average Bonchev–Trinajstić information content (AvgIpc) is 3.02. The third-order valence-corrected chi connectivity index (χ3v) is 5.97. The highest BCUT2D eigenvalue weighted by Crippen LogP contribution is 2.47. The molecule has 2 aromatic heterocycles. The normalized spacial score (nSPS) is 18.4. The van der Waals surface area contributed by atoms with Gasteiger partial charge in [0.2, 0.25) is 5.91 Å². The number of aromatic nitrogens is 1. The number of hydrogen-bond donors (Lipinski definition) is 1. The summed E-state index contributed by atoms with van der Waals surface area (Å²) in [5.41, 5.74) is 1.13. The van der Waals surface area contributed by atoms with Crippen LogP contribution in [0.4, 0.5) is 5.13 Å². The molecule has 0 spiro atoms. The van der Waals surface area contributed by atoms with Gasteiger partial charge in [-0.15, -0.1) is 11.3 Å². The van der Waals surface area contributed by atoms with E-state index >= 15 is 0 Å². The van der Waals surface area contributed by atoms with Crippen molar-refractivity contribution >= 4 is 34.0 Å². The number of aryl methyl sites for hydroxylation is 1. The highest BCUT2D eigenvalue weighted by atomic mass is 35.5. The third kappa shape index (κ3) is 4.79. The van der Waals surface area contributed by atoms with Crippen LogP contribution in [0.1, 0.15) is 47.6 Å². The first kappa shape index (κ1) is 18.3. The zero-order chi connectivity index (χ0) is 18.8. The molecule has 2 atom stereocenters. The Morgan fingerprint density at radius 2 is 2.22 bits per heavy atom. The van der Waals surface area contributed by atoms with Gasteiger partial charge in [0.1, 0.15) is 11.5 Å². The molecule has 2 heterocycles. The summed E-state index contributed by atoms with van der Waals surface area (Å²) in [6.07, 6.45) is 4.75. The van der Waals surface area contributed by atoms with Crippen LogP contribution in [0.3, 0.4) is 0 Å². The number of furan rings is 1. The molecule has 0 saturated heterocycles. The first-order valence-electron chi connectivity index (χ1n) is 9.14. The number of halogens is 1. The van der Waals surface area contributed by atoms with Gasteiger partial charge in [0.25, 0.3) is 0 Å². The van der Waals surface area contributed by atoms with Gasteiger partial charge in [-0.25, -0.2) is 4.98 Å². The number of rotatable bonds is 7. The van der Waals surface area contributed by atoms with Crippen molar-refractivity contribution in [3.63, 3.8) is 0 Å². The van der Waals surface area contributed by atoms with Crippen LogP contribution in [0.5, 0.6) is 0 Å². The Balaban J connectivity index is 1.27. The van der Waals surface area contributed by atoms with Crippen molar-refractivity contribution in [3.8, 4) is 0 Å². The van der Waals surface area contributed by atoms with E-state index in [1.165, 1.54) is 17.8 Å². The summed E-state index contributed by atoms with van der Waals surface area (Å²) < 4.78 is 5.85. The Morgan fingerprint density at radius 1 is 1.37 bits per heavy atom. The molecule has 3 aromatic rings. The topological polar surface area (TPSA) is 55.1 Å². The molecular weight excluding hydrogens is 380 g/mol. The zero-order valence-corrected chi connectivity index (χ0v) is 16.6. The maximum atomic E-state index is 12.2. The molecule has 6 heteroatoms. The molecule has 1 saturated carbocycles. The van der Waals surface area contributed by atoms with Gasteiger partial charge >= 0.3 is 0 Å². The van der Waals surface area contributed by atoms with Gasteiger partial charge in [-0.2, -0.15) is 0 Å². The summed E-state index contributed by atoms with van der Waals surface area (Å²) >= 11 is 7.51. The summed E-state index contributed by atoms with van der Waals surface area (Å²) in [4.78, 5) is 17.6. The Kier molecular flexibility index (Phi) is 5.32. The standard InChI is InChI=1S/C21H21ClN2O2S/c1-13-9-18(13)19-7-5-16(26-19)6-8-20(25)24-21-23-12-17(27-21)11-14-3-2-4-15(22)10-14/h2-5,7,10,12-13,18H,6,8-9,11H2,1H3,(H,23,24,25)/t13-,18+/m0/s1. The molecule has 0 bridgehead atoms. The van der Waals surface area contributed by atoms with Crippen molar-refractivity contribution in [1.29, 1.82) is 0 Å². The smallest absolute Gasteiger partial charge is 0.226 e. The van der Waals surface area contributed by atoms with E-state index in [9.17, 15) is 4.79 Å². The summed E-state index contributed by atoms with van der Waals surface area (Å²) in [7, 11) is 0. The molecule has 27 heavy (non-hydrogen) atoms. The van der Waals surface area contributed by atoms with Crippen LogP contribution in [0, 0.1) is 5.92 Å². The van der Waals surface area contributed by atoms with E-state index in [0.717, 1.165) is 39.3 Å². The number of carbonyl (C=O) groups is 1. The van der Waals surface area contributed by atoms with Gasteiger partial charge in [-0.1, -0.05) is 30.7 Å². The molecule has 4 nitrogen and oxygen atoms in total. The number of carbonyl (C=O) groups excluding carboxylic acids is 1. The van der Waals surface area contributed by atoms with Crippen LogP contribution in [0.15, 0.2) is 47.0 Å². The Hall–Kier alpha value is -2.11. The molecule has 1 N–H and O–H groups in total. The molecule has 1 aromatic carbocycles. The predicted molar refractivity (Wildman–Crippen MR) is 109 cm³/mol. The molecular formula is C21H21ClN2O2S. The first-order valence-corrected chi connectivity index (χ1v) is 10.3. The van der Waals surface area contributed by atoms with Gasteiger partial charge in [-0.05, 0) is 42.2 Å². The Labute approximate surface area is 167 Å². The predicted octanol–water partition coefficient (Wildman–Crippen LogP) is 5.68. The summed E-state index contributed by atoms with van der Waals surface area (Å²) in [6.45, 7) is 2.23. The minimum absolute atomic E-state index is 0.0450. The minimum atomic E-state index is -0.0450. The summed E-state index contributed by atoms with van der Waals surface area (Å²) in [6, 6.07) is 11.8. The van der Waals surface area contributed by atoms with Crippen LogP contribution < -0.4 is 5.32 Å². The Bertz CT molecular complexity index is 949. The van der Waals surface area contributed by atoms with Crippen LogP contribution in [-0.4, -0.2) is 10.9 Å². The molecule has 1 aliphatic carbocycles. The fourth-order valence-corrected chi connectivity index (χ4v) is 4.24. The second-order valence-electron chi connectivity index (χ2n) is 7.11. The quantitative estimate of drug-likeness (QED) is 0.555. The largest absolute Gasteiger partial charge is 0.466 e. The number of hydrogen-bond acceptors (Lipinski definition) is 4. The van der Waals surface area contributed by atoms with Crippen molar-refractivity contribution in [3.05, 3.63) is 69.6 Å². The molecule has 4 rings (SSSR count). The number of anilines is 1. The second-order valence-corrected chi connectivity index (χ2v) is 8.66. The lowest BCUT2D eigenvalue weighted by molar-refractivity contribution is -0.116. The lowest BCUT2D eigenvalue weighted by atomic mass is 10.1. The zero-order valence-electron chi connectivity index (χ0n) is 15.1. The highest BCUT2D eigenvalue weighted by molar-refractivity contribution is 7.15. The van der Waals surface area contributed by atoms with Gasteiger partial charge in [0.15, 0.2) is 5.13 Å². The lowest BCUT2D eigenvalue weighted by Gasteiger charge is -2.01. The monoisotopic (exact) mass is 400 g/mol. The number of thiazole rings is 1.